The standard InChI is InChI=1S/C13H21N.C2H6/c1-4-13(2,3)10-9-11-5-7-12(14)8-6-11;1-2/h5-8H,4,9-10,14H2,1-3H3;1-2H3. The smallest absolute Gasteiger partial charge is 0.0314 e. The van der Waals surface area contributed by atoms with Gasteiger partial charge in [-0.15, -0.1) is 0 Å². The van der Waals surface area contributed by atoms with Crippen molar-refractivity contribution in [1.29, 1.82) is 0 Å². The molecule has 0 heterocycles. The van der Waals surface area contributed by atoms with Crippen LogP contribution in [0.1, 0.15) is 53.0 Å². The van der Waals surface area contributed by atoms with Crippen LogP contribution in [-0.4, -0.2) is 0 Å². The van der Waals surface area contributed by atoms with Crippen molar-refractivity contribution >= 4 is 5.69 Å². The van der Waals surface area contributed by atoms with Gasteiger partial charge in [0.2, 0.25) is 0 Å². The monoisotopic (exact) mass is 221 g/mol. The Morgan fingerprint density at radius 2 is 1.56 bits per heavy atom. The minimum atomic E-state index is 0.460. The topological polar surface area (TPSA) is 26.0 Å². The maximum absolute atomic E-state index is 5.63. The average molecular weight is 221 g/mol. The van der Waals surface area contributed by atoms with Gasteiger partial charge in [-0.25, -0.2) is 0 Å². The van der Waals surface area contributed by atoms with Gasteiger partial charge in [-0.05, 0) is 36.0 Å². The van der Waals surface area contributed by atoms with E-state index in [1.165, 1.54) is 18.4 Å². The number of anilines is 1. The Labute approximate surface area is 101 Å². The van der Waals surface area contributed by atoms with Gasteiger partial charge in [0.1, 0.15) is 0 Å². The van der Waals surface area contributed by atoms with Gasteiger partial charge in [0.05, 0.1) is 0 Å². The first-order valence-electron chi connectivity index (χ1n) is 6.38. The highest BCUT2D eigenvalue weighted by Crippen LogP contribution is 2.26. The maximum atomic E-state index is 5.63. The predicted octanol–water partition coefficient (Wildman–Crippen LogP) is 4.66. The molecule has 1 aromatic carbocycles. The molecule has 0 saturated heterocycles. The summed E-state index contributed by atoms with van der Waals surface area (Å²) in [6, 6.07) is 8.21. The molecule has 0 bridgehead atoms. The fourth-order valence-corrected chi connectivity index (χ4v) is 1.34. The van der Waals surface area contributed by atoms with E-state index in [1.54, 1.807) is 0 Å². The van der Waals surface area contributed by atoms with Gasteiger partial charge in [0, 0.05) is 5.69 Å². The van der Waals surface area contributed by atoms with E-state index in [0.717, 1.165) is 12.1 Å². The van der Waals surface area contributed by atoms with Crippen LogP contribution < -0.4 is 5.73 Å². The molecule has 1 rings (SSSR count). The third kappa shape index (κ3) is 5.79. The molecule has 0 aromatic heterocycles. The van der Waals surface area contributed by atoms with E-state index in [4.69, 9.17) is 5.73 Å². The first-order chi connectivity index (χ1) is 7.53. The van der Waals surface area contributed by atoms with Gasteiger partial charge in [-0.2, -0.15) is 0 Å². The first kappa shape index (κ1) is 15.0. The number of hydrogen-bond acceptors (Lipinski definition) is 1. The molecule has 92 valence electrons. The zero-order valence-electron chi connectivity index (χ0n) is 11.5. The average Bonchev–Trinajstić information content (AvgIpc) is 2.31. The lowest BCUT2D eigenvalue weighted by atomic mass is 9.84. The van der Waals surface area contributed by atoms with Crippen molar-refractivity contribution in [2.24, 2.45) is 5.41 Å². The molecule has 0 fully saturated rings. The minimum Gasteiger partial charge on any atom is -0.399 e. The van der Waals surface area contributed by atoms with Crippen LogP contribution in [0.15, 0.2) is 24.3 Å². The molecule has 0 radical (unpaired) electrons. The number of hydrogen-bond donors (Lipinski definition) is 1. The van der Waals surface area contributed by atoms with Gasteiger partial charge < -0.3 is 5.73 Å². The molecule has 0 aliphatic carbocycles. The lowest BCUT2D eigenvalue weighted by Gasteiger charge is -2.22. The fraction of sp³-hybridized carbons (Fsp3) is 0.600. The van der Waals surface area contributed by atoms with Crippen LogP contribution in [-0.2, 0) is 6.42 Å². The molecule has 16 heavy (non-hydrogen) atoms. The van der Waals surface area contributed by atoms with Gasteiger partial charge in [-0.1, -0.05) is 53.2 Å². The van der Waals surface area contributed by atoms with Crippen molar-refractivity contribution in [3.63, 3.8) is 0 Å². The van der Waals surface area contributed by atoms with Crippen molar-refractivity contribution < 1.29 is 0 Å². The summed E-state index contributed by atoms with van der Waals surface area (Å²) in [5, 5.41) is 0. The van der Waals surface area contributed by atoms with Crippen LogP contribution in [0.5, 0.6) is 0 Å². The molecule has 0 aliphatic rings. The second-order valence-electron chi connectivity index (χ2n) is 4.76. The van der Waals surface area contributed by atoms with Crippen LogP contribution in [0.2, 0.25) is 0 Å². The van der Waals surface area contributed by atoms with Crippen LogP contribution in [0.4, 0.5) is 5.69 Å². The van der Waals surface area contributed by atoms with E-state index in [-0.39, 0.29) is 0 Å². The van der Waals surface area contributed by atoms with E-state index in [0.29, 0.717) is 5.41 Å². The van der Waals surface area contributed by atoms with E-state index >= 15 is 0 Å². The summed E-state index contributed by atoms with van der Waals surface area (Å²) < 4.78 is 0. The summed E-state index contributed by atoms with van der Waals surface area (Å²) in [4.78, 5) is 0. The predicted molar refractivity (Wildman–Crippen MR) is 74.6 cm³/mol. The van der Waals surface area contributed by atoms with Crippen LogP contribution in [0, 0.1) is 5.41 Å². The third-order valence-electron chi connectivity index (χ3n) is 3.03. The highest BCUT2D eigenvalue weighted by atomic mass is 14.5. The minimum absolute atomic E-state index is 0.460. The SMILES string of the molecule is CC.CCC(C)(C)CCc1ccc(N)cc1. The van der Waals surface area contributed by atoms with E-state index in [1.807, 2.05) is 26.0 Å². The molecule has 0 saturated carbocycles. The Morgan fingerprint density at radius 3 is 2.00 bits per heavy atom. The van der Waals surface area contributed by atoms with Crippen LogP contribution in [0.25, 0.3) is 0 Å². The highest BCUT2D eigenvalue weighted by Gasteiger charge is 2.14. The Kier molecular flexibility index (Phi) is 6.87. The molecular formula is C15H27N. The number of nitrogen functional groups attached to an aromatic ring is 1. The van der Waals surface area contributed by atoms with Crippen molar-refractivity contribution in [2.45, 2.75) is 53.9 Å². The van der Waals surface area contributed by atoms with Gasteiger partial charge in [0.25, 0.3) is 0 Å². The Morgan fingerprint density at radius 1 is 1.06 bits per heavy atom. The van der Waals surface area contributed by atoms with E-state index in [2.05, 4.69) is 32.9 Å². The maximum Gasteiger partial charge on any atom is 0.0314 e. The molecule has 1 nitrogen and oxygen atoms in total. The van der Waals surface area contributed by atoms with Crippen LogP contribution >= 0.6 is 0 Å². The van der Waals surface area contributed by atoms with Crippen LogP contribution in [0.3, 0.4) is 0 Å². The first-order valence-corrected chi connectivity index (χ1v) is 6.38. The quantitative estimate of drug-likeness (QED) is 0.735. The molecular weight excluding hydrogens is 194 g/mol. The second kappa shape index (κ2) is 7.32. The summed E-state index contributed by atoms with van der Waals surface area (Å²) in [6.07, 6.45) is 3.64. The van der Waals surface area contributed by atoms with Crippen molar-refractivity contribution in [1.82, 2.24) is 0 Å². The lowest BCUT2D eigenvalue weighted by Crippen LogP contribution is -2.10. The number of benzene rings is 1. The molecule has 0 spiro atoms. The summed E-state index contributed by atoms with van der Waals surface area (Å²) in [5.41, 5.74) is 8.33. The number of aryl methyl sites for hydroxylation is 1. The molecule has 0 aliphatic heterocycles. The third-order valence-corrected chi connectivity index (χ3v) is 3.03. The molecule has 1 heteroatoms. The van der Waals surface area contributed by atoms with Crippen molar-refractivity contribution in [3.8, 4) is 0 Å². The largest absolute Gasteiger partial charge is 0.399 e. The summed E-state index contributed by atoms with van der Waals surface area (Å²) in [6.45, 7) is 10.9. The van der Waals surface area contributed by atoms with Crippen molar-refractivity contribution in [2.75, 3.05) is 5.73 Å². The molecule has 0 atom stereocenters. The molecule has 1 aromatic rings. The molecule has 0 unspecified atom stereocenters. The summed E-state index contributed by atoms with van der Waals surface area (Å²) in [7, 11) is 0. The highest BCUT2D eigenvalue weighted by molar-refractivity contribution is 5.39. The zero-order chi connectivity index (χ0) is 12.6. The Hall–Kier alpha value is -0.980. The normalized spacial score (nSPS) is 10.6. The molecule has 2 N–H and O–H groups in total. The van der Waals surface area contributed by atoms with Gasteiger partial charge in [-0.3, -0.25) is 0 Å². The van der Waals surface area contributed by atoms with Gasteiger partial charge >= 0.3 is 0 Å². The van der Waals surface area contributed by atoms with E-state index in [9.17, 15) is 0 Å². The Bertz CT molecular complexity index is 272. The fourth-order valence-electron chi connectivity index (χ4n) is 1.34. The van der Waals surface area contributed by atoms with Gasteiger partial charge in [0.15, 0.2) is 0 Å². The lowest BCUT2D eigenvalue weighted by molar-refractivity contribution is 0.322. The Balaban J connectivity index is 0.00000106. The van der Waals surface area contributed by atoms with E-state index < -0.39 is 0 Å². The molecule has 0 amide bonds. The number of rotatable bonds is 4. The summed E-state index contributed by atoms with van der Waals surface area (Å²) in [5.74, 6) is 0. The zero-order valence-corrected chi connectivity index (χ0v) is 11.5. The van der Waals surface area contributed by atoms with Crippen molar-refractivity contribution in [3.05, 3.63) is 29.8 Å². The number of nitrogens with two attached hydrogens (primary N) is 1. The second-order valence-corrected chi connectivity index (χ2v) is 4.76. The summed E-state index contributed by atoms with van der Waals surface area (Å²) >= 11 is 0.